The van der Waals surface area contributed by atoms with Crippen LogP contribution < -0.4 is 10.2 Å². The summed E-state index contributed by atoms with van der Waals surface area (Å²) in [5.74, 6) is 0.383. The minimum Gasteiger partial charge on any atom is -0.396 e. The molecule has 1 heterocycles. The van der Waals surface area contributed by atoms with Crippen LogP contribution in [0, 0.1) is 5.92 Å². The highest BCUT2D eigenvalue weighted by atomic mass is 35.5. The van der Waals surface area contributed by atoms with Gasteiger partial charge in [-0.05, 0) is 44.9 Å². The van der Waals surface area contributed by atoms with E-state index in [9.17, 15) is 5.11 Å². The second kappa shape index (κ2) is 6.33. The molecule has 0 radical (unpaired) electrons. The molecule has 0 bridgehead atoms. The fourth-order valence-corrected chi connectivity index (χ4v) is 2.81. The second-order valence-corrected chi connectivity index (χ2v) is 7.08. The molecule has 1 saturated heterocycles. The highest BCUT2D eigenvalue weighted by molar-refractivity contribution is 6.33. The number of benzene rings is 1. The van der Waals surface area contributed by atoms with Crippen LogP contribution in [-0.4, -0.2) is 30.3 Å². The van der Waals surface area contributed by atoms with Crippen LogP contribution in [0.4, 0.5) is 5.69 Å². The first-order chi connectivity index (χ1) is 9.39. The van der Waals surface area contributed by atoms with Gasteiger partial charge in [-0.1, -0.05) is 17.7 Å². The number of rotatable bonds is 4. The normalized spacial score (nSPS) is 19.6. The molecule has 0 aromatic heterocycles. The lowest BCUT2D eigenvalue weighted by atomic mass is 10.1. The van der Waals surface area contributed by atoms with E-state index < -0.39 is 0 Å². The molecule has 3 nitrogen and oxygen atoms in total. The third kappa shape index (κ3) is 4.11. The Balaban J connectivity index is 2.03. The lowest BCUT2D eigenvalue weighted by molar-refractivity contribution is 0.238. The summed E-state index contributed by atoms with van der Waals surface area (Å²) in [7, 11) is 0. The Labute approximate surface area is 126 Å². The van der Waals surface area contributed by atoms with Crippen LogP contribution in [0.1, 0.15) is 32.8 Å². The summed E-state index contributed by atoms with van der Waals surface area (Å²) in [6, 6.07) is 6.27. The Bertz CT molecular complexity index is 456. The van der Waals surface area contributed by atoms with Gasteiger partial charge < -0.3 is 15.3 Å². The largest absolute Gasteiger partial charge is 0.396 e. The van der Waals surface area contributed by atoms with Crippen molar-refractivity contribution < 1.29 is 5.11 Å². The fourth-order valence-electron chi connectivity index (χ4n) is 2.48. The maximum atomic E-state index is 9.22. The van der Waals surface area contributed by atoms with Gasteiger partial charge in [0.2, 0.25) is 0 Å². The predicted octanol–water partition coefficient (Wildman–Crippen LogP) is 3.05. The zero-order valence-electron chi connectivity index (χ0n) is 12.6. The van der Waals surface area contributed by atoms with E-state index >= 15 is 0 Å². The van der Waals surface area contributed by atoms with Gasteiger partial charge in [0.1, 0.15) is 0 Å². The number of nitrogens with zero attached hydrogens (tertiary/aromatic N) is 1. The monoisotopic (exact) mass is 296 g/mol. The van der Waals surface area contributed by atoms with Crippen LogP contribution in [0.25, 0.3) is 0 Å². The number of hydrogen-bond acceptors (Lipinski definition) is 3. The lowest BCUT2D eigenvalue weighted by Gasteiger charge is -2.22. The van der Waals surface area contributed by atoms with Crippen LogP contribution in [0.3, 0.4) is 0 Å². The molecule has 0 amide bonds. The van der Waals surface area contributed by atoms with Gasteiger partial charge in [-0.25, -0.2) is 0 Å². The van der Waals surface area contributed by atoms with Gasteiger partial charge in [0, 0.05) is 37.7 Å². The molecule has 1 atom stereocenters. The van der Waals surface area contributed by atoms with E-state index in [-0.39, 0.29) is 12.1 Å². The van der Waals surface area contributed by atoms with E-state index in [1.165, 1.54) is 5.56 Å². The summed E-state index contributed by atoms with van der Waals surface area (Å²) < 4.78 is 0. The highest BCUT2D eigenvalue weighted by Crippen LogP contribution is 2.31. The number of aliphatic hydroxyl groups is 1. The molecular weight excluding hydrogens is 272 g/mol. The number of nitrogens with one attached hydrogen (secondary N) is 1. The maximum Gasteiger partial charge on any atom is 0.0642 e. The van der Waals surface area contributed by atoms with Crippen LogP contribution in [-0.2, 0) is 6.54 Å². The van der Waals surface area contributed by atoms with Crippen molar-refractivity contribution in [2.24, 2.45) is 5.92 Å². The first-order valence-electron chi connectivity index (χ1n) is 7.28. The molecule has 20 heavy (non-hydrogen) atoms. The minimum atomic E-state index is 0.106. The van der Waals surface area contributed by atoms with Gasteiger partial charge in [-0.3, -0.25) is 0 Å². The molecule has 2 rings (SSSR count). The molecular formula is C16H25ClN2O. The Morgan fingerprint density at radius 1 is 1.40 bits per heavy atom. The van der Waals surface area contributed by atoms with E-state index in [4.69, 9.17) is 11.6 Å². The third-order valence-corrected chi connectivity index (χ3v) is 4.02. The SMILES string of the molecule is CC(C)(C)NCc1ccc(N2CCC(CO)C2)c(Cl)c1. The van der Waals surface area contributed by atoms with E-state index in [2.05, 4.69) is 43.1 Å². The number of halogens is 1. The molecule has 0 saturated carbocycles. The first-order valence-corrected chi connectivity index (χ1v) is 7.66. The molecule has 0 spiro atoms. The Kier molecular flexibility index (Phi) is 4.95. The van der Waals surface area contributed by atoms with E-state index in [0.717, 1.165) is 36.8 Å². The average molecular weight is 297 g/mol. The summed E-state index contributed by atoms with van der Waals surface area (Å²) in [4.78, 5) is 2.27. The van der Waals surface area contributed by atoms with Crippen molar-refractivity contribution in [2.45, 2.75) is 39.3 Å². The summed E-state index contributed by atoms with van der Waals surface area (Å²) in [6.07, 6.45) is 1.04. The third-order valence-electron chi connectivity index (χ3n) is 3.72. The van der Waals surface area contributed by atoms with Crippen molar-refractivity contribution in [3.8, 4) is 0 Å². The Morgan fingerprint density at radius 3 is 2.70 bits per heavy atom. The molecule has 4 heteroatoms. The zero-order chi connectivity index (χ0) is 14.8. The van der Waals surface area contributed by atoms with Gasteiger partial charge in [0.15, 0.2) is 0 Å². The van der Waals surface area contributed by atoms with E-state index in [1.54, 1.807) is 0 Å². The molecule has 2 N–H and O–H groups in total. The number of hydrogen-bond donors (Lipinski definition) is 2. The van der Waals surface area contributed by atoms with Gasteiger partial charge in [0.25, 0.3) is 0 Å². The second-order valence-electron chi connectivity index (χ2n) is 6.67. The van der Waals surface area contributed by atoms with Crippen LogP contribution >= 0.6 is 11.6 Å². The van der Waals surface area contributed by atoms with Crippen LogP contribution in [0.2, 0.25) is 5.02 Å². The number of anilines is 1. The molecule has 1 aromatic carbocycles. The van der Waals surface area contributed by atoms with Crippen LogP contribution in [0.15, 0.2) is 18.2 Å². The smallest absolute Gasteiger partial charge is 0.0642 e. The zero-order valence-corrected chi connectivity index (χ0v) is 13.4. The molecule has 0 aliphatic carbocycles. The maximum absolute atomic E-state index is 9.22. The van der Waals surface area contributed by atoms with Gasteiger partial charge >= 0.3 is 0 Å². The highest BCUT2D eigenvalue weighted by Gasteiger charge is 2.23. The van der Waals surface area contributed by atoms with Crippen molar-refractivity contribution in [3.05, 3.63) is 28.8 Å². The Hall–Kier alpha value is -0.770. The topological polar surface area (TPSA) is 35.5 Å². The first kappa shape index (κ1) is 15.6. The molecule has 1 fully saturated rings. The fraction of sp³-hybridized carbons (Fsp3) is 0.625. The van der Waals surface area contributed by atoms with Gasteiger partial charge in [0.05, 0.1) is 10.7 Å². The summed E-state index contributed by atoms with van der Waals surface area (Å²) in [5, 5.41) is 13.5. The van der Waals surface area contributed by atoms with E-state index in [0.29, 0.717) is 5.92 Å². The van der Waals surface area contributed by atoms with Crippen LogP contribution in [0.5, 0.6) is 0 Å². The summed E-state index contributed by atoms with van der Waals surface area (Å²) >= 11 is 6.42. The van der Waals surface area contributed by atoms with Crippen molar-refractivity contribution in [1.29, 1.82) is 0 Å². The van der Waals surface area contributed by atoms with Crippen molar-refractivity contribution in [3.63, 3.8) is 0 Å². The minimum absolute atomic E-state index is 0.106. The Morgan fingerprint density at radius 2 is 2.15 bits per heavy atom. The quantitative estimate of drug-likeness (QED) is 0.896. The summed E-state index contributed by atoms with van der Waals surface area (Å²) in [5.41, 5.74) is 2.39. The molecule has 1 aromatic rings. The van der Waals surface area contributed by atoms with Crippen molar-refractivity contribution in [2.75, 3.05) is 24.6 Å². The molecule has 1 aliphatic heterocycles. The lowest BCUT2D eigenvalue weighted by Crippen LogP contribution is -2.35. The van der Waals surface area contributed by atoms with Gasteiger partial charge in [-0.2, -0.15) is 0 Å². The molecule has 1 aliphatic rings. The number of aliphatic hydroxyl groups excluding tert-OH is 1. The predicted molar refractivity (Wildman–Crippen MR) is 85.5 cm³/mol. The van der Waals surface area contributed by atoms with Crippen molar-refractivity contribution >= 4 is 17.3 Å². The van der Waals surface area contributed by atoms with Crippen molar-refractivity contribution in [1.82, 2.24) is 5.32 Å². The molecule has 112 valence electrons. The van der Waals surface area contributed by atoms with E-state index in [1.807, 2.05) is 6.07 Å². The molecule has 1 unspecified atom stereocenters. The summed E-state index contributed by atoms with van der Waals surface area (Å²) in [6.45, 7) is 9.43. The van der Waals surface area contributed by atoms with Gasteiger partial charge in [-0.15, -0.1) is 0 Å². The standard InChI is InChI=1S/C16H25ClN2O/c1-16(2,3)18-9-12-4-5-15(14(17)8-12)19-7-6-13(10-19)11-20/h4-5,8,13,18,20H,6-7,9-11H2,1-3H3. The average Bonchev–Trinajstić information content (AvgIpc) is 2.84.